The van der Waals surface area contributed by atoms with Gasteiger partial charge in [-0.25, -0.2) is 0 Å². The number of amides is 2. The lowest BCUT2D eigenvalue weighted by Gasteiger charge is -2.03. The van der Waals surface area contributed by atoms with E-state index in [0.717, 1.165) is 0 Å². The van der Waals surface area contributed by atoms with Crippen LogP contribution in [0.2, 0.25) is 0 Å². The Morgan fingerprint density at radius 1 is 1.40 bits per heavy atom. The van der Waals surface area contributed by atoms with Crippen molar-refractivity contribution in [2.45, 2.75) is 6.92 Å². The van der Waals surface area contributed by atoms with Gasteiger partial charge in [0, 0.05) is 11.3 Å². The van der Waals surface area contributed by atoms with Crippen molar-refractivity contribution in [3.05, 3.63) is 42.0 Å². The number of hydrogen-bond acceptors (Lipinski definition) is 2. The van der Waals surface area contributed by atoms with E-state index in [1.54, 1.807) is 31.2 Å². The van der Waals surface area contributed by atoms with Crippen LogP contribution >= 0.6 is 0 Å². The molecule has 0 bridgehead atoms. The average Bonchev–Trinajstić information content (AvgIpc) is 2.18. The first-order valence-corrected chi connectivity index (χ1v) is 4.47. The van der Waals surface area contributed by atoms with E-state index in [-0.39, 0.29) is 5.91 Å². The summed E-state index contributed by atoms with van der Waals surface area (Å²) in [6.07, 6.45) is 3.03. The standard InChI is InChI=1S/C11H12N2O2/c1-2-4-10(14)13-9-6-3-5-8(7-9)11(12)15/h2-7H,1H3,(H2,12,15)(H,13,14)/b4-2+. The van der Waals surface area contributed by atoms with Crippen molar-refractivity contribution in [1.29, 1.82) is 0 Å². The second kappa shape index (κ2) is 4.95. The highest BCUT2D eigenvalue weighted by Gasteiger charge is 2.02. The number of hydrogen-bond donors (Lipinski definition) is 2. The molecule has 0 unspecified atom stereocenters. The Bertz CT molecular complexity index is 411. The zero-order valence-electron chi connectivity index (χ0n) is 8.36. The Morgan fingerprint density at radius 3 is 2.73 bits per heavy atom. The molecule has 4 heteroatoms. The van der Waals surface area contributed by atoms with Gasteiger partial charge in [-0.2, -0.15) is 0 Å². The Morgan fingerprint density at radius 2 is 2.13 bits per heavy atom. The summed E-state index contributed by atoms with van der Waals surface area (Å²) in [6, 6.07) is 6.47. The molecule has 78 valence electrons. The number of primary amides is 1. The first kappa shape index (κ1) is 11.0. The highest BCUT2D eigenvalue weighted by atomic mass is 16.1. The molecular weight excluding hydrogens is 192 g/mol. The van der Waals surface area contributed by atoms with E-state index in [4.69, 9.17) is 5.73 Å². The predicted molar refractivity (Wildman–Crippen MR) is 58.4 cm³/mol. The van der Waals surface area contributed by atoms with Crippen molar-refractivity contribution < 1.29 is 9.59 Å². The van der Waals surface area contributed by atoms with Gasteiger partial charge in [0.2, 0.25) is 11.8 Å². The number of nitrogens with two attached hydrogens (primary N) is 1. The molecule has 0 aliphatic rings. The van der Waals surface area contributed by atoms with Crippen molar-refractivity contribution in [2.75, 3.05) is 5.32 Å². The molecule has 0 aromatic heterocycles. The molecule has 0 saturated heterocycles. The topological polar surface area (TPSA) is 72.2 Å². The molecule has 0 saturated carbocycles. The van der Waals surface area contributed by atoms with Crippen LogP contribution in [0, 0.1) is 0 Å². The molecule has 0 aliphatic carbocycles. The third-order valence-corrected chi connectivity index (χ3v) is 1.73. The Kier molecular flexibility index (Phi) is 3.62. The van der Waals surface area contributed by atoms with Gasteiger partial charge in [-0.05, 0) is 31.2 Å². The number of carbonyl (C=O) groups is 2. The largest absolute Gasteiger partial charge is 0.366 e. The third-order valence-electron chi connectivity index (χ3n) is 1.73. The molecule has 1 aromatic carbocycles. The van der Waals surface area contributed by atoms with Crippen molar-refractivity contribution in [1.82, 2.24) is 0 Å². The van der Waals surface area contributed by atoms with Crippen LogP contribution in [0.3, 0.4) is 0 Å². The maximum absolute atomic E-state index is 11.2. The number of benzene rings is 1. The summed E-state index contributed by atoms with van der Waals surface area (Å²) in [5.41, 5.74) is 6.03. The minimum Gasteiger partial charge on any atom is -0.366 e. The van der Waals surface area contributed by atoms with E-state index in [9.17, 15) is 9.59 Å². The smallest absolute Gasteiger partial charge is 0.248 e. The normalized spacial score (nSPS) is 10.2. The molecule has 4 nitrogen and oxygen atoms in total. The first-order chi connectivity index (χ1) is 7.13. The maximum atomic E-state index is 11.2. The average molecular weight is 204 g/mol. The number of carbonyl (C=O) groups excluding carboxylic acids is 2. The molecule has 1 aromatic rings. The van der Waals surface area contributed by atoms with E-state index in [1.165, 1.54) is 12.1 Å². The summed E-state index contributed by atoms with van der Waals surface area (Å²) in [6.45, 7) is 1.75. The van der Waals surface area contributed by atoms with Crippen LogP contribution in [0.5, 0.6) is 0 Å². The fourth-order valence-electron chi connectivity index (χ4n) is 1.09. The lowest BCUT2D eigenvalue weighted by molar-refractivity contribution is -0.111. The number of allylic oxidation sites excluding steroid dienone is 1. The number of nitrogens with one attached hydrogen (secondary N) is 1. The lowest BCUT2D eigenvalue weighted by Crippen LogP contribution is -2.12. The monoisotopic (exact) mass is 204 g/mol. The van der Waals surface area contributed by atoms with Crippen LogP contribution < -0.4 is 11.1 Å². The summed E-state index contributed by atoms with van der Waals surface area (Å²) < 4.78 is 0. The highest BCUT2D eigenvalue weighted by molar-refractivity contribution is 6.00. The van der Waals surface area contributed by atoms with Crippen LogP contribution in [0.15, 0.2) is 36.4 Å². The van der Waals surface area contributed by atoms with Crippen molar-refractivity contribution in [2.24, 2.45) is 5.73 Å². The van der Waals surface area contributed by atoms with E-state index in [1.807, 2.05) is 0 Å². The Labute approximate surface area is 87.8 Å². The van der Waals surface area contributed by atoms with Gasteiger partial charge in [-0.15, -0.1) is 0 Å². The number of anilines is 1. The molecule has 2 amide bonds. The molecule has 0 spiro atoms. The maximum Gasteiger partial charge on any atom is 0.248 e. The summed E-state index contributed by atoms with van der Waals surface area (Å²) >= 11 is 0. The molecular formula is C11H12N2O2. The van der Waals surface area contributed by atoms with Gasteiger partial charge >= 0.3 is 0 Å². The molecule has 3 N–H and O–H groups in total. The minimum absolute atomic E-state index is 0.237. The van der Waals surface area contributed by atoms with Gasteiger partial charge in [0.05, 0.1) is 0 Å². The first-order valence-electron chi connectivity index (χ1n) is 4.47. The van der Waals surface area contributed by atoms with Gasteiger partial charge in [-0.1, -0.05) is 12.1 Å². The molecule has 15 heavy (non-hydrogen) atoms. The summed E-state index contributed by atoms with van der Waals surface area (Å²) in [5, 5.41) is 2.60. The van der Waals surface area contributed by atoms with Crippen LogP contribution in [0.1, 0.15) is 17.3 Å². The molecule has 0 radical (unpaired) electrons. The van der Waals surface area contributed by atoms with Crippen molar-refractivity contribution in [3.63, 3.8) is 0 Å². The lowest BCUT2D eigenvalue weighted by atomic mass is 10.2. The summed E-state index contributed by atoms with van der Waals surface area (Å²) in [5.74, 6) is -0.753. The van der Waals surface area contributed by atoms with Gasteiger partial charge in [-0.3, -0.25) is 9.59 Å². The second-order valence-electron chi connectivity index (χ2n) is 2.93. The molecule has 0 atom stereocenters. The van der Waals surface area contributed by atoms with E-state index < -0.39 is 5.91 Å². The SMILES string of the molecule is C/C=C/C(=O)Nc1cccc(C(N)=O)c1. The quantitative estimate of drug-likeness (QED) is 0.728. The third kappa shape index (κ3) is 3.27. The highest BCUT2D eigenvalue weighted by Crippen LogP contribution is 2.09. The number of rotatable bonds is 3. The summed E-state index contributed by atoms with van der Waals surface area (Å²) in [4.78, 5) is 22.0. The molecule has 1 rings (SSSR count). The van der Waals surface area contributed by atoms with Crippen LogP contribution in [-0.2, 0) is 4.79 Å². The van der Waals surface area contributed by atoms with E-state index in [0.29, 0.717) is 11.3 Å². The Hall–Kier alpha value is -2.10. The van der Waals surface area contributed by atoms with E-state index >= 15 is 0 Å². The zero-order valence-corrected chi connectivity index (χ0v) is 8.36. The fraction of sp³-hybridized carbons (Fsp3) is 0.0909. The molecule has 0 heterocycles. The van der Waals surface area contributed by atoms with Crippen molar-refractivity contribution >= 4 is 17.5 Å². The Balaban J connectivity index is 2.82. The van der Waals surface area contributed by atoms with Gasteiger partial charge in [0.1, 0.15) is 0 Å². The molecule has 0 aliphatic heterocycles. The van der Waals surface area contributed by atoms with Crippen molar-refractivity contribution in [3.8, 4) is 0 Å². The van der Waals surface area contributed by atoms with Gasteiger partial charge in [0.15, 0.2) is 0 Å². The zero-order chi connectivity index (χ0) is 11.3. The van der Waals surface area contributed by atoms with Crippen LogP contribution in [0.4, 0.5) is 5.69 Å². The minimum atomic E-state index is -0.517. The van der Waals surface area contributed by atoms with E-state index in [2.05, 4.69) is 5.32 Å². The van der Waals surface area contributed by atoms with Gasteiger partial charge < -0.3 is 11.1 Å². The predicted octanol–water partition coefficient (Wildman–Crippen LogP) is 1.30. The van der Waals surface area contributed by atoms with Gasteiger partial charge in [0.25, 0.3) is 0 Å². The molecule has 0 fully saturated rings. The second-order valence-corrected chi connectivity index (χ2v) is 2.93. The fourth-order valence-corrected chi connectivity index (χ4v) is 1.09. The van der Waals surface area contributed by atoms with Crippen LogP contribution in [-0.4, -0.2) is 11.8 Å². The van der Waals surface area contributed by atoms with Crippen LogP contribution in [0.25, 0.3) is 0 Å². The summed E-state index contributed by atoms with van der Waals surface area (Å²) in [7, 11) is 0.